The topological polar surface area (TPSA) is 80.3 Å². The molecule has 0 atom stereocenters. The van der Waals surface area contributed by atoms with Crippen LogP contribution in [0.15, 0.2) is 30.3 Å². The van der Waals surface area contributed by atoms with Gasteiger partial charge in [0.1, 0.15) is 0 Å². The van der Waals surface area contributed by atoms with Gasteiger partial charge in [0.2, 0.25) is 0 Å². The summed E-state index contributed by atoms with van der Waals surface area (Å²) in [6.45, 7) is 5.04. The number of ether oxygens (including phenoxy) is 1. The van der Waals surface area contributed by atoms with Crippen LogP contribution in [0.2, 0.25) is 0 Å². The van der Waals surface area contributed by atoms with Crippen molar-refractivity contribution < 1.29 is 24.0 Å². The highest BCUT2D eigenvalue weighted by molar-refractivity contribution is 5.89. The second-order valence-electron chi connectivity index (χ2n) is 5.62. The molecule has 0 aliphatic carbocycles. The molecule has 146 valence electrons. The van der Waals surface area contributed by atoms with Gasteiger partial charge in [-0.05, 0) is 50.8 Å². The van der Waals surface area contributed by atoms with Crippen molar-refractivity contribution in [3.05, 3.63) is 35.9 Å². The lowest BCUT2D eigenvalue weighted by atomic mass is 10.2. The molecule has 0 unspecified atom stereocenters. The number of hydrogen-bond donors (Lipinski definition) is 1. The quantitative estimate of drug-likeness (QED) is 0.315. The van der Waals surface area contributed by atoms with Gasteiger partial charge in [-0.2, -0.15) is 0 Å². The molecule has 1 N–H and O–H groups in total. The van der Waals surface area contributed by atoms with E-state index in [-0.39, 0.29) is 12.5 Å². The molecule has 0 saturated heterocycles. The molecule has 26 heavy (non-hydrogen) atoms. The van der Waals surface area contributed by atoms with E-state index in [0.29, 0.717) is 25.3 Å². The lowest BCUT2D eigenvalue weighted by Gasteiger charge is -2.22. The number of likely N-dealkylation sites (N-methyl/N-ethyl adjacent to an activating group) is 1. The first-order valence-corrected chi connectivity index (χ1v) is 8.70. The highest BCUT2D eigenvalue weighted by Gasteiger charge is 2.14. The van der Waals surface area contributed by atoms with Gasteiger partial charge in [0.25, 0.3) is 0 Å². The predicted octanol–water partition coefficient (Wildman–Crippen LogP) is 1.10. The van der Waals surface area contributed by atoms with E-state index in [1.807, 2.05) is 13.1 Å². The molecule has 1 aromatic carbocycles. The minimum atomic E-state index is -0.460. The molecule has 0 aromatic heterocycles. The molecular formula is C18H29N3O5. The van der Waals surface area contributed by atoms with Crippen molar-refractivity contribution in [1.82, 2.24) is 15.4 Å². The van der Waals surface area contributed by atoms with Crippen molar-refractivity contribution in [3.63, 3.8) is 0 Å². The Hall–Kier alpha value is -2.00. The van der Waals surface area contributed by atoms with Gasteiger partial charge in [-0.3, -0.25) is 9.63 Å². The van der Waals surface area contributed by atoms with Crippen LogP contribution in [0.5, 0.6) is 0 Å². The van der Waals surface area contributed by atoms with Crippen molar-refractivity contribution in [1.29, 1.82) is 0 Å². The van der Waals surface area contributed by atoms with Gasteiger partial charge in [0.05, 0.1) is 32.4 Å². The first-order valence-electron chi connectivity index (χ1n) is 8.70. The maximum absolute atomic E-state index is 12.0. The van der Waals surface area contributed by atoms with Gasteiger partial charge in [-0.15, -0.1) is 0 Å². The lowest BCUT2D eigenvalue weighted by molar-refractivity contribution is -0.320. The van der Waals surface area contributed by atoms with Crippen molar-refractivity contribution in [2.24, 2.45) is 0 Å². The van der Waals surface area contributed by atoms with E-state index in [0.717, 1.165) is 19.5 Å². The van der Waals surface area contributed by atoms with E-state index in [2.05, 4.69) is 10.2 Å². The monoisotopic (exact) mass is 367 g/mol. The SMILES string of the molecule is CCOC(=O)CNCCCN(C)CCN(OC)OC(=O)c1ccccc1. The van der Waals surface area contributed by atoms with E-state index in [4.69, 9.17) is 14.4 Å². The summed E-state index contributed by atoms with van der Waals surface area (Å²) in [6.07, 6.45) is 0.882. The third-order valence-corrected chi connectivity index (χ3v) is 3.53. The molecular weight excluding hydrogens is 338 g/mol. The van der Waals surface area contributed by atoms with Crippen LogP contribution >= 0.6 is 0 Å². The van der Waals surface area contributed by atoms with E-state index in [1.54, 1.807) is 31.2 Å². The van der Waals surface area contributed by atoms with Crippen LogP contribution < -0.4 is 5.32 Å². The van der Waals surface area contributed by atoms with Crippen LogP contribution in [0, 0.1) is 0 Å². The third kappa shape index (κ3) is 9.47. The molecule has 0 spiro atoms. The fourth-order valence-electron chi connectivity index (χ4n) is 2.13. The van der Waals surface area contributed by atoms with Gasteiger partial charge >= 0.3 is 11.9 Å². The molecule has 0 bridgehead atoms. The third-order valence-electron chi connectivity index (χ3n) is 3.53. The van der Waals surface area contributed by atoms with Gasteiger partial charge in [0, 0.05) is 6.54 Å². The van der Waals surface area contributed by atoms with E-state index < -0.39 is 5.97 Å². The van der Waals surface area contributed by atoms with E-state index in [1.165, 1.54) is 12.3 Å². The number of esters is 1. The summed E-state index contributed by atoms with van der Waals surface area (Å²) in [6, 6.07) is 8.76. The summed E-state index contributed by atoms with van der Waals surface area (Å²) in [4.78, 5) is 35.6. The Bertz CT molecular complexity index is 527. The number of benzene rings is 1. The summed E-state index contributed by atoms with van der Waals surface area (Å²) in [5.74, 6) is -0.699. The number of rotatable bonds is 13. The predicted molar refractivity (Wildman–Crippen MR) is 97.2 cm³/mol. The molecule has 1 aromatic rings. The largest absolute Gasteiger partial charge is 0.465 e. The standard InChI is InChI=1S/C18H29N3O5/c1-4-25-17(22)15-19-11-8-12-20(2)13-14-21(24-3)26-18(23)16-9-6-5-7-10-16/h5-7,9-10,19H,4,8,11-15H2,1-3H3. The average Bonchev–Trinajstić information content (AvgIpc) is 2.65. The number of nitrogens with zero attached hydrogens (tertiary/aromatic N) is 2. The molecule has 8 heteroatoms. The van der Waals surface area contributed by atoms with Crippen LogP contribution in [0.3, 0.4) is 0 Å². The van der Waals surface area contributed by atoms with Crippen LogP contribution in [-0.4, -0.2) is 75.6 Å². The van der Waals surface area contributed by atoms with Crippen molar-refractivity contribution >= 4 is 11.9 Å². The second-order valence-corrected chi connectivity index (χ2v) is 5.62. The van der Waals surface area contributed by atoms with Gasteiger partial charge < -0.3 is 19.8 Å². The smallest absolute Gasteiger partial charge is 0.359 e. The molecule has 1 rings (SSSR count). The summed E-state index contributed by atoms with van der Waals surface area (Å²) in [5, 5.41) is 4.21. The van der Waals surface area contributed by atoms with Gasteiger partial charge in [0.15, 0.2) is 0 Å². The summed E-state index contributed by atoms with van der Waals surface area (Å²) in [5.41, 5.74) is 0.468. The van der Waals surface area contributed by atoms with Crippen LogP contribution in [0.4, 0.5) is 0 Å². The van der Waals surface area contributed by atoms with Crippen LogP contribution in [0.25, 0.3) is 0 Å². The van der Waals surface area contributed by atoms with E-state index >= 15 is 0 Å². The number of nitrogens with one attached hydrogen (secondary N) is 1. The molecule has 0 aliphatic rings. The Balaban J connectivity index is 2.18. The maximum atomic E-state index is 12.0. The van der Waals surface area contributed by atoms with Crippen molar-refractivity contribution in [2.75, 3.05) is 53.5 Å². The first kappa shape index (κ1) is 22.0. The number of carbonyl (C=O) groups excluding carboxylic acids is 2. The minimum absolute atomic E-state index is 0.227. The minimum Gasteiger partial charge on any atom is -0.465 e. The Kier molecular flexibility index (Phi) is 11.2. The molecule has 8 nitrogen and oxygen atoms in total. The molecule has 0 fully saturated rings. The highest BCUT2D eigenvalue weighted by atomic mass is 17.0. The number of hydroxylamine groups is 2. The molecule has 0 saturated carbocycles. The fraction of sp³-hybridized carbons (Fsp3) is 0.556. The van der Waals surface area contributed by atoms with Gasteiger partial charge in [-0.25, -0.2) is 4.79 Å². The van der Waals surface area contributed by atoms with Crippen molar-refractivity contribution in [2.45, 2.75) is 13.3 Å². The van der Waals surface area contributed by atoms with Crippen LogP contribution in [0.1, 0.15) is 23.7 Å². The highest BCUT2D eigenvalue weighted by Crippen LogP contribution is 2.04. The lowest BCUT2D eigenvalue weighted by Crippen LogP contribution is -2.35. The second kappa shape index (κ2) is 13.2. The summed E-state index contributed by atoms with van der Waals surface area (Å²) < 4.78 is 4.84. The maximum Gasteiger partial charge on any atom is 0.359 e. The molecule has 0 amide bonds. The molecule has 0 heterocycles. The van der Waals surface area contributed by atoms with E-state index in [9.17, 15) is 9.59 Å². The molecule has 0 radical (unpaired) electrons. The van der Waals surface area contributed by atoms with Crippen LogP contribution in [-0.2, 0) is 19.2 Å². The normalized spacial score (nSPS) is 11.0. The Morgan fingerprint density at radius 1 is 1.12 bits per heavy atom. The molecule has 0 aliphatic heterocycles. The number of hydrogen-bond acceptors (Lipinski definition) is 8. The first-order chi connectivity index (χ1) is 12.6. The zero-order valence-corrected chi connectivity index (χ0v) is 15.8. The Morgan fingerprint density at radius 3 is 2.50 bits per heavy atom. The zero-order chi connectivity index (χ0) is 19.2. The zero-order valence-electron chi connectivity index (χ0n) is 15.8. The fourth-order valence-corrected chi connectivity index (χ4v) is 2.13. The Labute approximate surface area is 154 Å². The van der Waals surface area contributed by atoms with Gasteiger partial charge in [-0.1, -0.05) is 18.2 Å². The van der Waals surface area contributed by atoms with Crippen molar-refractivity contribution in [3.8, 4) is 0 Å². The summed E-state index contributed by atoms with van der Waals surface area (Å²) >= 11 is 0. The Morgan fingerprint density at radius 2 is 1.85 bits per heavy atom. The number of carbonyl (C=O) groups is 2. The average molecular weight is 367 g/mol. The summed E-state index contributed by atoms with van der Waals surface area (Å²) in [7, 11) is 3.43.